The molecule has 2 atom stereocenters. The summed E-state index contributed by atoms with van der Waals surface area (Å²) >= 11 is 0. The van der Waals surface area contributed by atoms with Gasteiger partial charge in [-0.3, -0.25) is 4.79 Å². The van der Waals surface area contributed by atoms with Gasteiger partial charge in [0, 0.05) is 6.42 Å². The van der Waals surface area contributed by atoms with Crippen LogP contribution in [0.15, 0.2) is 23.3 Å². The third-order valence-corrected chi connectivity index (χ3v) is 3.07. The van der Waals surface area contributed by atoms with Crippen molar-refractivity contribution in [2.24, 2.45) is 11.8 Å². The van der Waals surface area contributed by atoms with Crippen LogP contribution in [0.2, 0.25) is 0 Å². The first-order valence-electron chi connectivity index (χ1n) is 5.91. The number of hydrogen-bond donors (Lipinski definition) is 0. The Hall–Kier alpha value is -0.850. The van der Waals surface area contributed by atoms with Crippen LogP contribution in [-0.2, 0) is 4.79 Å². The Balaban J connectivity index is 2.67. The number of allylic oxidation sites excluding steroid dienone is 4. The largest absolute Gasteiger partial charge is 0.295 e. The molecule has 0 saturated heterocycles. The Kier molecular flexibility index (Phi) is 4.31. The van der Waals surface area contributed by atoms with Crippen LogP contribution >= 0.6 is 0 Å². The predicted octanol–water partition coefficient (Wildman–Crippen LogP) is 3.90. The van der Waals surface area contributed by atoms with Gasteiger partial charge in [-0.1, -0.05) is 31.6 Å². The van der Waals surface area contributed by atoms with E-state index in [-0.39, 0.29) is 5.78 Å². The number of carbonyl (C=O) groups is 1. The van der Waals surface area contributed by atoms with Gasteiger partial charge >= 0.3 is 0 Å². The lowest BCUT2D eigenvalue weighted by Crippen LogP contribution is -2.11. The average Bonchev–Trinajstić information content (AvgIpc) is 2.14. The van der Waals surface area contributed by atoms with Crippen LogP contribution in [0, 0.1) is 11.8 Å². The lowest BCUT2D eigenvalue weighted by molar-refractivity contribution is -0.115. The molecule has 84 valence electrons. The minimum Gasteiger partial charge on any atom is -0.295 e. The maximum absolute atomic E-state index is 11.5. The number of ketones is 1. The molecule has 0 aromatic heterocycles. The summed E-state index contributed by atoms with van der Waals surface area (Å²) in [5, 5.41) is 0. The zero-order valence-corrected chi connectivity index (χ0v) is 10.3. The van der Waals surface area contributed by atoms with E-state index in [0.29, 0.717) is 18.3 Å². The van der Waals surface area contributed by atoms with Gasteiger partial charge in [-0.25, -0.2) is 0 Å². The zero-order chi connectivity index (χ0) is 11.4. The van der Waals surface area contributed by atoms with E-state index >= 15 is 0 Å². The highest BCUT2D eigenvalue weighted by Crippen LogP contribution is 2.29. The highest BCUT2D eigenvalue weighted by molar-refractivity contribution is 5.94. The van der Waals surface area contributed by atoms with E-state index in [4.69, 9.17) is 0 Å². The number of rotatable bonds is 3. The quantitative estimate of drug-likeness (QED) is 0.505. The molecular weight excluding hydrogens is 184 g/mol. The first-order valence-corrected chi connectivity index (χ1v) is 5.91. The Labute approximate surface area is 93.3 Å². The summed E-state index contributed by atoms with van der Waals surface area (Å²) in [6, 6.07) is 0. The van der Waals surface area contributed by atoms with Gasteiger partial charge in [0.25, 0.3) is 0 Å². The van der Waals surface area contributed by atoms with Crippen molar-refractivity contribution >= 4 is 5.78 Å². The molecule has 0 N–H and O–H groups in total. The minimum atomic E-state index is 0.287. The maximum atomic E-state index is 11.5. The lowest BCUT2D eigenvalue weighted by Gasteiger charge is -2.23. The van der Waals surface area contributed by atoms with Crippen LogP contribution in [0.25, 0.3) is 0 Å². The average molecular weight is 206 g/mol. The molecule has 0 spiro atoms. The Bertz CT molecular complexity index is 296. The second kappa shape index (κ2) is 5.29. The maximum Gasteiger partial charge on any atom is 0.157 e. The lowest BCUT2D eigenvalue weighted by atomic mass is 9.82. The molecule has 0 bridgehead atoms. The summed E-state index contributed by atoms with van der Waals surface area (Å²) in [5.41, 5.74) is 2.41. The Morgan fingerprint density at radius 3 is 2.80 bits per heavy atom. The van der Waals surface area contributed by atoms with Crippen molar-refractivity contribution in [1.29, 1.82) is 0 Å². The summed E-state index contributed by atoms with van der Waals surface area (Å²) in [7, 11) is 0. The fourth-order valence-electron chi connectivity index (χ4n) is 2.45. The molecular formula is C14H22O. The van der Waals surface area contributed by atoms with Crippen LogP contribution in [-0.4, -0.2) is 5.78 Å². The van der Waals surface area contributed by atoms with Crippen molar-refractivity contribution in [3.63, 3.8) is 0 Å². The van der Waals surface area contributed by atoms with Crippen LogP contribution < -0.4 is 0 Å². The second-order valence-corrected chi connectivity index (χ2v) is 4.82. The van der Waals surface area contributed by atoms with Crippen LogP contribution in [0.3, 0.4) is 0 Å². The van der Waals surface area contributed by atoms with Gasteiger partial charge in [-0.2, -0.15) is 0 Å². The molecule has 1 nitrogen and oxygen atoms in total. The molecule has 0 radical (unpaired) electrons. The SMILES string of the molecule is CCC(=O)/C(C)=C/C1CC(C)=CC(C)C1. The van der Waals surface area contributed by atoms with Crippen molar-refractivity contribution in [1.82, 2.24) is 0 Å². The molecule has 1 heteroatoms. The predicted molar refractivity (Wildman–Crippen MR) is 64.7 cm³/mol. The van der Waals surface area contributed by atoms with Gasteiger partial charge < -0.3 is 0 Å². The van der Waals surface area contributed by atoms with Crippen molar-refractivity contribution < 1.29 is 4.79 Å². The minimum absolute atomic E-state index is 0.287. The van der Waals surface area contributed by atoms with Crippen LogP contribution in [0.1, 0.15) is 47.0 Å². The fourth-order valence-corrected chi connectivity index (χ4v) is 2.45. The molecule has 0 fully saturated rings. The highest BCUT2D eigenvalue weighted by Gasteiger charge is 2.16. The van der Waals surface area contributed by atoms with E-state index in [1.54, 1.807) is 0 Å². The normalized spacial score (nSPS) is 27.5. The van der Waals surface area contributed by atoms with Gasteiger partial charge in [0.15, 0.2) is 5.78 Å². The molecule has 15 heavy (non-hydrogen) atoms. The van der Waals surface area contributed by atoms with Crippen LogP contribution in [0.5, 0.6) is 0 Å². The first-order chi connectivity index (χ1) is 7.02. The molecule has 1 aliphatic carbocycles. The molecule has 1 aliphatic rings. The van der Waals surface area contributed by atoms with Gasteiger partial charge in [-0.15, -0.1) is 0 Å². The number of Topliss-reactive ketones (excluding diaryl/α,β-unsaturated/α-hetero) is 1. The van der Waals surface area contributed by atoms with Crippen LogP contribution in [0.4, 0.5) is 0 Å². The fraction of sp³-hybridized carbons (Fsp3) is 0.643. The topological polar surface area (TPSA) is 17.1 Å². The Morgan fingerprint density at radius 1 is 1.60 bits per heavy atom. The second-order valence-electron chi connectivity index (χ2n) is 4.82. The summed E-state index contributed by atoms with van der Waals surface area (Å²) in [6.07, 6.45) is 7.46. The summed E-state index contributed by atoms with van der Waals surface area (Å²) in [4.78, 5) is 11.5. The van der Waals surface area contributed by atoms with Gasteiger partial charge in [0.05, 0.1) is 0 Å². The molecule has 0 aromatic carbocycles. The third kappa shape index (κ3) is 3.65. The molecule has 0 heterocycles. The molecule has 0 aliphatic heterocycles. The zero-order valence-electron chi connectivity index (χ0n) is 10.3. The first kappa shape index (κ1) is 12.2. The van der Waals surface area contributed by atoms with Crippen molar-refractivity contribution in [3.05, 3.63) is 23.3 Å². The summed E-state index contributed by atoms with van der Waals surface area (Å²) in [5.74, 6) is 1.51. The van der Waals surface area contributed by atoms with E-state index in [9.17, 15) is 4.79 Å². The van der Waals surface area contributed by atoms with Crippen molar-refractivity contribution in [3.8, 4) is 0 Å². The third-order valence-electron chi connectivity index (χ3n) is 3.07. The summed E-state index contributed by atoms with van der Waals surface area (Å²) in [6.45, 7) is 8.31. The number of carbonyl (C=O) groups excluding carboxylic acids is 1. The van der Waals surface area contributed by atoms with Gasteiger partial charge in [-0.05, 0) is 44.1 Å². The smallest absolute Gasteiger partial charge is 0.157 e. The van der Waals surface area contributed by atoms with E-state index in [1.807, 2.05) is 13.8 Å². The van der Waals surface area contributed by atoms with Gasteiger partial charge in [0.1, 0.15) is 0 Å². The Morgan fingerprint density at radius 2 is 2.27 bits per heavy atom. The van der Waals surface area contributed by atoms with E-state index in [2.05, 4.69) is 26.0 Å². The van der Waals surface area contributed by atoms with E-state index < -0.39 is 0 Å². The molecule has 0 aromatic rings. The molecule has 0 amide bonds. The van der Waals surface area contributed by atoms with Crippen molar-refractivity contribution in [2.75, 3.05) is 0 Å². The molecule has 0 saturated carbocycles. The van der Waals surface area contributed by atoms with Crippen molar-refractivity contribution in [2.45, 2.75) is 47.0 Å². The molecule has 2 unspecified atom stereocenters. The van der Waals surface area contributed by atoms with Gasteiger partial charge in [0.2, 0.25) is 0 Å². The highest BCUT2D eigenvalue weighted by atomic mass is 16.1. The monoisotopic (exact) mass is 206 g/mol. The van der Waals surface area contributed by atoms with E-state index in [1.165, 1.54) is 12.0 Å². The summed E-state index contributed by atoms with van der Waals surface area (Å²) < 4.78 is 0. The van der Waals surface area contributed by atoms with E-state index in [0.717, 1.165) is 12.0 Å². The number of hydrogen-bond acceptors (Lipinski definition) is 1. The molecule has 1 rings (SSSR count). The standard InChI is InChI=1S/C14H22O/c1-5-14(15)12(4)9-13-7-10(2)6-11(3)8-13/h6,9-10,13H,5,7-8H2,1-4H3/b12-9+.